The van der Waals surface area contributed by atoms with Gasteiger partial charge in [0, 0.05) is 27.1 Å². The molecule has 0 radical (unpaired) electrons. The lowest BCUT2D eigenvalue weighted by atomic mass is 9.83. The van der Waals surface area contributed by atoms with Crippen LogP contribution >= 0.6 is 31.9 Å². The van der Waals surface area contributed by atoms with Gasteiger partial charge in [0.05, 0.1) is 27.5 Å². The minimum atomic E-state index is -0.593. The van der Waals surface area contributed by atoms with E-state index in [-0.39, 0.29) is 16.7 Å². The molecule has 0 saturated heterocycles. The molecule has 8 nitrogen and oxygen atoms in total. The second-order valence-corrected chi connectivity index (χ2v) is 12.3. The molecule has 198 valence electrons. The van der Waals surface area contributed by atoms with E-state index in [4.69, 9.17) is 5.73 Å². The first-order valence-corrected chi connectivity index (χ1v) is 13.9. The summed E-state index contributed by atoms with van der Waals surface area (Å²) in [5.74, 6) is 0. The molecule has 2 aromatic carbocycles. The van der Waals surface area contributed by atoms with Crippen molar-refractivity contribution < 1.29 is 15.1 Å². The van der Waals surface area contributed by atoms with Gasteiger partial charge in [-0.2, -0.15) is 0 Å². The van der Waals surface area contributed by atoms with Gasteiger partial charge in [-0.15, -0.1) is 0 Å². The summed E-state index contributed by atoms with van der Waals surface area (Å²) in [5.41, 5.74) is 7.24. The molecule has 2 aliphatic carbocycles. The van der Waals surface area contributed by atoms with Crippen molar-refractivity contribution in [1.82, 2.24) is 0 Å². The minimum Gasteiger partial charge on any atom is -0.397 e. The lowest BCUT2D eigenvalue weighted by Crippen LogP contribution is -2.35. The molecule has 0 spiro atoms. The summed E-state index contributed by atoms with van der Waals surface area (Å²) in [7, 11) is 0. The van der Waals surface area contributed by atoms with Crippen LogP contribution in [-0.4, -0.2) is 38.4 Å². The maximum atomic E-state index is 11.0. The van der Waals surface area contributed by atoms with E-state index in [0.29, 0.717) is 16.2 Å². The van der Waals surface area contributed by atoms with Crippen LogP contribution in [0.15, 0.2) is 45.3 Å². The Hall–Kier alpha value is -1.88. The van der Waals surface area contributed by atoms with E-state index < -0.39 is 11.2 Å². The van der Waals surface area contributed by atoms with Crippen LogP contribution in [-0.2, 0) is 0 Å². The fourth-order valence-electron chi connectivity index (χ4n) is 4.65. The molecular formula is C26H36Br2N4O4. The van der Waals surface area contributed by atoms with Crippen molar-refractivity contribution in [3.05, 3.63) is 55.5 Å². The molecule has 10 heteroatoms. The Balaban J connectivity index is 0.000000202. The van der Waals surface area contributed by atoms with Crippen LogP contribution in [0.3, 0.4) is 0 Å². The molecule has 2 saturated carbocycles. The normalized spacial score (nSPS) is 27.9. The number of rotatable bonds is 5. The van der Waals surface area contributed by atoms with Gasteiger partial charge in [-0.3, -0.25) is 10.1 Å². The maximum absolute atomic E-state index is 11.0. The smallest absolute Gasteiger partial charge is 0.293 e. The summed E-state index contributed by atoms with van der Waals surface area (Å²) in [4.78, 5) is 10.6. The van der Waals surface area contributed by atoms with Crippen molar-refractivity contribution in [3.8, 4) is 0 Å². The maximum Gasteiger partial charge on any atom is 0.293 e. The van der Waals surface area contributed by atoms with E-state index in [1.54, 1.807) is 12.1 Å². The number of nitrogen functional groups attached to an aromatic ring is 1. The van der Waals surface area contributed by atoms with Crippen LogP contribution < -0.4 is 16.4 Å². The lowest BCUT2D eigenvalue weighted by molar-refractivity contribution is -0.384. The van der Waals surface area contributed by atoms with E-state index in [9.17, 15) is 20.3 Å². The van der Waals surface area contributed by atoms with E-state index >= 15 is 0 Å². The number of nitro benzene ring substituents is 1. The molecule has 36 heavy (non-hydrogen) atoms. The van der Waals surface area contributed by atoms with Crippen LogP contribution in [0.2, 0.25) is 0 Å². The highest BCUT2D eigenvalue weighted by atomic mass is 79.9. The van der Waals surface area contributed by atoms with Gasteiger partial charge in [0.25, 0.3) is 5.69 Å². The number of nitrogens with zero attached hydrogens (tertiary/aromatic N) is 1. The molecular weight excluding hydrogens is 592 g/mol. The quantitative estimate of drug-likeness (QED) is 0.143. The number of halogens is 2. The number of nitro groups is 1. The highest BCUT2D eigenvalue weighted by Crippen LogP contribution is 2.34. The first-order chi connectivity index (χ1) is 16.8. The number of benzene rings is 2. The van der Waals surface area contributed by atoms with Gasteiger partial charge in [0.15, 0.2) is 0 Å². The molecule has 2 fully saturated rings. The summed E-state index contributed by atoms with van der Waals surface area (Å²) in [6.45, 7) is 3.75. The van der Waals surface area contributed by atoms with Crippen molar-refractivity contribution in [3.63, 3.8) is 0 Å². The van der Waals surface area contributed by atoms with Crippen molar-refractivity contribution >= 4 is 54.6 Å². The zero-order chi connectivity index (χ0) is 26.5. The first kappa shape index (κ1) is 28.7. The van der Waals surface area contributed by atoms with Gasteiger partial charge in [-0.05, 0) is 95.5 Å². The van der Waals surface area contributed by atoms with Gasteiger partial charge in [-0.1, -0.05) is 31.9 Å². The molecule has 0 amide bonds. The topological polar surface area (TPSA) is 134 Å². The Bertz CT molecular complexity index is 1040. The number of nitrogens with two attached hydrogens (primary N) is 1. The van der Waals surface area contributed by atoms with E-state index in [1.807, 2.05) is 32.0 Å². The van der Waals surface area contributed by atoms with E-state index in [2.05, 4.69) is 42.5 Å². The van der Waals surface area contributed by atoms with Crippen molar-refractivity contribution in [2.45, 2.75) is 88.5 Å². The van der Waals surface area contributed by atoms with Crippen molar-refractivity contribution in [1.29, 1.82) is 0 Å². The molecule has 0 aliphatic heterocycles. The second-order valence-electron chi connectivity index (χ2n) is 10.5. The first-order valence-electron chi connectivity index (χ1n) is 12.3. The largest absolute Gasteiger partial charge is 0.397 e. The Labute approximate surface area is 229 Å². The summed E-state index contributed by atoms with van der Waals surface area (Å²) in [6, 6.07) is 11.5. The van der Waals surface area contributed by atoms with Crippen LogP contribution in [0.5, 0.6) is 0 Å². The summed E-state index contributed by atoms with van der Waals surface area (Å²) >= 11 is 6.63. The third kappa shape index (κ3) is 8.61. The molecule has 2 aromatic rings. The van der Waals surface area contributed by atoms with Gasteiger partial charge in [0.2, 0.25) is 0 Å². The Kier molecular flexibility index (Phi) is 9.65. The highest BCUT2D eigenvalue weighted by Gasteiger charge is 2.30. The molecule has 0 aromatic heterocycles. The molecule has 0 bridgehead atoms. The molecule has 2 aliphatic rings. The average Bonchev–Trinajstić information content (AvgIpc) is 2.80. The summed E-state index contributed by atoms with van der Waals surface area (Å²) in [5, 5.41) is 37.5. The zero-order valence-electron chi connectivity index (χ0n) is 20.8. The molecule has 0 heterocycles. The lowest BCUT2D eigenvalue weighted by Gasteiger charge is -2.34. The molecule has 6 N–H and O–H groups in total. The van der Waals surface area contributed by atoms with Gasteiger partial charge < -0.3 is 26.6 Å². The van der Waals surface area contributed by atoms with E-state index in [1.165, 1.54) is 6.07 Å². The van der Waals surface area contributed by atoms with Crippen LogP contribution in [0.4, 0.5) is 22.7 Å². The fraction of sp³-hybridized carbons (Fsp3) is 0.538. The van der Waals surface area contributed by atoms with Crippen molar-refractivity contribution in [2.24, 2.45) is 0 Å². The minimum absolute atomic E-state index is 0.0757. The second kappa shape index (κ2) is 12.1. The van der Waals surface area contributed by atoms with Crippen LogP contribution in [0.1, 0.15) is 65.2 Å². The van der Waals surface area contributed by atoms with Gasteiger partial charge >= 0.3 is 0 Å². The highest BCUT2D eigenvalue weighted by molar-refractivity contribution is 9.10. The Morgan fingerprint density at radius 2 is 1.28 bits per heavy atom. The standard InChI is InChI=1S/C13H17BrN2O3.C13H19BrN2O/c1-13(17)6-4-10(5-7-13)15-11-3-2-9(14)8-12(11)16(18)19;1-13(17)6-4-10(5-7-13)16-12-3-2-9(14)8-11(12)15/h2-3,8,10,15,17H,4-7H2,1H3;2-3,8,10,16-17H,4-7,15H2,1H3. The third-order valence-corrected chi connectivity index (χ3v) is 8.00. The Morgan fingerprint density at radius 1 is 0.861 bits per heavy atom. The van der Waals surface area contributed by atoms with Gasteiger partial charge in [-0.25, -0.2) is 0 Å². The predicted octanol–water partition coefficient (Wildman–Crippen LogP) is 6.60. The number of hydrogen-bond acceptors (Lipinski definition) is 7. The van der Waals surface area contributed by atoms with Crippen LogP contribution in [0.25, 0.3) is 0 Å². The third-order valence-electron chi connectivity index (χ3n) is 7.01. The van der Waals surface area contributed by atoms with Crippen molar-refractivity contribution in [2.75, 3.05) is 16.4 Å². The zero-order valence-corrected chi connectivity index (χ0v) is 23.9. The molecule has 0 unspecified atom stereocenters. The van der Waals surface area contributed by atoms with Gasteiger partial charge in [0.1, 0.15) is 5.69 Å². The number of aliphatic hydroxyl groups is 2. The Morgan fingerprint density at radius 3 is 1.72 bits per heavy atom. The molecule has 0 atom stereocenters. The summed E-state index contributed by atoms with van der Waals surface area (Å²) < 4.78 is 1.68. The number of nitrogens with one attached hydrogen (secondary N) is 2. The predicted molar refractivity (Wildman–Crippen MR) is 152 cm³/mol. The summed E-state index contributed by atoms with van der Waals surface area (Å²) in [6.07, 6.45) is 6.75. The SMILES string of the molecule is CC1(O)CCC(Nc2ccc(Br)cc2N)CC1.CC1(O)CCC(Nc2ccc(Br)cc2[N+](=O)[O-])CC1. The molecule has 4 rings (SSSR count). The fourth-order valence-corrected chi connectivity index (χ4v) is 5.38. The monoisotopic (exact) mass is 626 g/mol. The number of anilines is 3. The number of hydrogen-bond donors (Lipinski definition) is 5. The average molecular weight is 628 g/mol. The van der Waals surface area contributed by atoms with Crippen LogP contribution in [0, 0.1) is 10.1 Å². The van der Waals surface area contributed by atoms with E-state index in [0.717, 1.165) is 67.2 Å².